The standard InChI is InChI=1S/C20H20ClFN2O3/c1-27-18-7-4-13(21)10-17(18)24-20(26)16-11-15(16)19(25)23-9-8-12-2-5-14(22)6-3-12/h2-7,10,15-16H,8-9,11H2,1H3,(H,23,25)(H,24,26). The van der Waals surface area contributed by atoms with Crippen LogP contribution in [0, 0.1) is 17.7 Å². The lowest BCUT2D eigenvalue weighted by Crippen LogP contribution is -2.29. The highest BCUT2D eigenvalue weighted by molar-refractivity contribution is 6.31. The summed E-state index contributed by atoms with van der Waals surface area (Å²) in [4.78, 5) is 24.6. The van der Waals surface area contributed by atoms with Gasteiger partial charge in [0.2, 0.25) is 11.8 Å². The molecule has 0 saturated heterocycles. The van der Waals surface area contributed by atoms with Crippen LogP contribution in [0.4, 0.5) is 10.1 Å². The van der Waals surface area contributed by atoms with Crippen LogP contribution in [-0.4, -0.2) is 25.5 Å². The minimum atomic E-state index is -0.362. The molecule has 3 rings (SSSR count). The fourth-order valence-electron chi connectivity index (χ4n) is 2.89. The molecule has 0 heterocycles. The van der Waals surface area contributed by atoms with E-state index in [1.807, 2.05) is 0 Å². The number of carbonyl (C=O) groups excluding carboxylic acids is 2. The van der Waals surface area contributed by atoms with E-state index in [2.05, 4.69) is 10.6 Å². The van der Waals surface area contributed by atoms with Gasteiger partial charge >= 0.3 is 0 Å². The molecule has 2 amide bonds. The van der Waals surface area contributed by atoms with Gasteiger partial charge in [-0.2, -0.15) is 0 Å². The van der Waals surface area contributed by atoms with E-state index in [1.54, 1.807) is 30.3 Å². The summed E-state index contributed by atoms with van der Waals surface area (Å²) in [7, 11) is 1.51. The Kier molecular flexibility index (Phi) is 5.96. The van der Waals surface area contributed by atoms with Gasteiger partial charge in [0, 0.05) is 11.6 Å². The molecule has 0 radical (unpaired) electrons. The number of ether oxygens (including phenoxy) is 1. The molecule has 0 aliphatic heterocycles. The van der Waals surface area contributed by atoms with Crippen LogP contribution in [0.2, 0.25) is 5.02 Å². The van der Waals surface area contributed by atoms with Crippen LogP contribution >= 0.6 is 11.6 Å². The molecule has 2 atom stereocenters. The van der Waals surface area contributed by atoms with Crippen molar-refractivity contribution in [2.45, 2.75) is 12.8 Å². The van der Waals surface area contributed by atoms with E-state index in [9.17, 15) is 14.0 Å². The molecule has 0 aromatic heterocycles. The summed E-state index contributed by atoms with van der Waals surface area (Å²) in [5, 5.41) is 6.09. The molecule has 0 spiro atoms. The largest absolute Gasteiger partial charge is 0.495 e. The SMILES string of the molecule is COc1ccc(Cl)cc1NC(=O)C1CC1C(=O)NCCc1ccc(F)cc1. The lowest BCUT2D eigenvalue weighted by Gasteiger charge is -2.10. The van der Waals surface area contributed by atoms with Crippen molar-refractivity contribution in [3.63, 3.8) is 0 Å². The van der Waals surface area contributed by atoms with Gasteiger partial charge in [-0.05, 0) is 48.7 Å². The summed E-state index contributed by atoms with van der Waals surface area (Å²) >= 11 is 5.96. The Hall–Kier alpha value is -2.60. The molecule has 1 saturated carbocycles. The first-order chi connectivity index (χ1) is 13.0. The fraction of sp³-hybridized carbons (Fsp3) is 0.300. The minimum Gasteiger partial charge on any atom is -0.495 e. The van der Waals surface area contributed by atoms with Gasteiger partial charge in [0.25, 0.3) is 0 Å². The molecule has 2 N–H and O–H groups in total. The maximum absolute atomic E-state index is 12.9. The molecule has 1 aliphatic rings. The van der Waals surface area contributed by atoms with Gasteiger partial charge in [-0.1, -0.05) is 23.7 Å². The molecule has 142 valence electrons. The second kappa shape index (κ2) is 8.39. The van der Waals surface area contributed by atoms with Crippen molar-refractivity contribution in [2.24, 2.45) is 11.8 Å². The third-order valence-corrected chi connectivity index (χ3v) is 4.74. The monoisotopic (exact) mass is 390 g/mol. The first-order valence-corrected chi connectivity index (χ1v) is 9.02. The number of hydrogen-bond acceptors (Lipinski definition) is 3. The zero-order valence-corrected chi connectivity index (χ0v) is 15.6. The van der Waals surface area contributed by atoms with Gasteiger partial charge in [0.15, 0.2) is 0 Å². The van der Waals surface area contributed by atoms with Crippen molar-refractivity contribution in [3.8, 4) is 5.75 Å². The van der Waals surface area contributed by atoms with Crippen LogP contribution in [0.5, 0.6) is 5.75 Å². The van der Waals surface area contributed by atoms with Gasteiger partial charge in [-0.25, -0.2) is 4.39 Å². The van der Waals surface area contributed by atoms with E-state index in [0.29, 0.717) is 35.8 Å². The zero-order valence-electron chi connectivity index (χ0n) is 14.8. The van der Waals surface area contributed by atoms with Crippen molar-refractivity contribution >= 4 is 29.1 Å². The Morgan fingerprint density at radius 2 is 1.85 bits per heavy atom. The third kappa shape index (κ3) is 4.98. The highest BCUT2D eigenvalue weighted by atomic mass is 35.5. The average molecular weight is 391 g/mol. The van der Waals surface area contributed by atoms with Crippen molar-refractivity contribution < 1.29 is 18.7 Å². The maximum atomic E-state index is 12.9. The van der Waals surface area contributed by atoms with Crippen LogP contribution in [0.15, 0.2) is 42.5 Å². The predicted molar refractivity (Wildman–Crippen MR) is 101 cm³/mol. The summed E-state index contributed by atoms with van der Waals surface area (Å²) in [5.74, 6) is -0.841. The van der Waals surface area contributed by atoms with E-state index < -0.39 is 0 Å². The smallest absolute Gasteiger partial charge is 0.228 e. The van der Waals surface area contributed by atoms with E-state index in [4.69, 9.17) is 16.3 Å². The molecule has 7 heteroatoms. The summed E-state index contributed by atoms with van der Waals surface area (Å²) in [6, 6.07) is 11.1. The molecule has 5 nitrogen and oxygen atoms in total. The molecule has 1 fully saturated rings. The first kappa shape index (κ1) is 19.2. The van der Waals surface area contributed by atoms with Gasteiger partial charge in [-0.3, -0.25) is 9.59 Å². The van der Waals surface area contributed by atoms with Crippen LogP contribution in [0.1, 0.15) is 12.0 Å². The Morgan fingerprint density at radius 3 is 2.56 bits per heavy atom. The molecule has 2 unspecified atom stereocenters. The van der Waals surface area contributed by atoms with Crippen molar-refractivity contribution in [1.82, 2.24) is 5.32 Å². The highest BCUT2D eigenvalue weighted by Gasteiger charge is 2.48. The number of benzene rings is 2. The number of amides is 2. The van der Waals surface area contributed by atoms with E-state index in [-0.39, 0.29) is 29.5 Å². The molecule has 2 aromatic rings. The summed E-state index contributed by atoms with van der Waals surface area (Å²) in [5.41, 5.74) is 1.42. The molecule has 27 heavy (non-hydrogen) atoms. The van der Waals surface area contributed by atoms with Crippen LogP contribution < -0.4 is 15.4 Å². The van der Waals surface area contributed by atoms with Crippen molar-refractivity contribution in [1.29, 1.82) is 0 Å². The Bertz CT molecular complexity index is 842. The van der Waals surface area contributed by atoms with Gasteiger partial charge in [0.1, 0.15) is 11.6 Å². The fourth-order valence-corrected chi connectivity index (χ4v) is 3.06. The molecular formula is C20H20ClFN2O3. The number of methoxy groups -OCH3 is 1. The number of rotatable bonds is 7. The molecular weight excluding hydrogens is 371 g/mol. The number of nitrogens with one attached hydrogen (secondary N) is 2. The van der Waals surface area contributed by atoms with Gasteiger partial charge in [-0.15, -0.1) is 0 Å². The van der Waals surface area contributed by atoms with E-state index >= 15 is 0 Å². The van der Waals surface area contributed by atoms with Crippen LogP contribution in [-0.2, 0) is 16.0 Å². The molecule has 1 aliphatic carbocycles. The third-order valence-electron chi connectivity index (χ3n) is 4.51. The van der Waals surface area contributed by atoms with Gasteiger partial charge < -0.3 is 15.4 Å². The average Bonchev–Trinajstić information content (AvgIpc) is 3.44. The quantitative estimate of drug-likeness (QED) is 0.761. The normalized spacial score (nSPS) is 17.9. The maximum Gasteiger partial charge on any atom is 0.228 e. The second-order valence-corrected chi connectivity index (χ2v) is 6.89. The highest BCUT2D eigenvalue weighted by Crippen LogP contribution is 2.40. The number of hydrogen-bond donors (Lipinski definition) is 2. The number of anilines is 1. The van der Waals surface area contributed by atoms with Crippen molar-refractivity contribution in [2.75, 3.05) is 19.0 Å². The van der Waals surface area contributed by atoms with Crippen LogP contribution in [0.25, 0.3) is 0 Å². The first-order valence-electron chi connectivity index (χ1n) is 8.64. The Balaban J connectivity index is 1.47. The summed E-state index contributed by atoms with van der Waals surface area (Å²) in [6.07, 6.45) is 1.12. The molecule has 2 aromatic carbocycles. The number of carbonyl (C=O) groups is 2. The summed E-state index contributed by atoms with van der Waals surface area (Å²) < 4.78 is 18.1. The number of halogens is 2. The van der Waals surface area contributed by atoms with Crippen molar-refractivity contribution in [3.05, 3.63) is 58.9 Å². The lowest BCUT2D eigenvalue weighted by atomic mass is 10.1. The van der Waals surface area contributed by atoms with Crippen LogP contribution in [0.3, 0.4) is 0 Å². The predicted octanol–water partition coefficient (Wildman–Crippen LogP) is 3.42. The zero-order chi connectivity index (χ0) is 19.4. The Labute approximate surface area is 161 Å². The lowest BCUT2D eigenvalue weighted by molar-refractivity contribution is -0.125. The van der Waals surface area contributed by atoms with E-state index in [0.717, 1.165) is 5.56 Å². The second-order valence-electron chi connectivity index (χ2n) is 6.45. The molecule has 0 bridgehead atoms. The minimum absolute atomic E-state index is 0.143. The van der Waals surface area contributed by atoms with Gasteiger partial charge in [0.05, 0.1) is 24.6 Å². The Morgan fingerprint density at radius 1 is 1.15 bits per heavy atom. The summed E-state index contributed by atoms with van der Waals surface area (Å²) in [6.45, 7) is 0.442. The topological polar surface area (TPSA) is 67.4 Å². The van der Waals surface area contributed by atoms with E-state index in [1.165, 1.54) is 19.2 Å².